The van der Waals surface area contributed by atoms with Crippen LogP contribution in [0.2, 0.25) is 0 Å². The number of furan rings is 1. The van der Waals surface area contributed by atoms with Crippen molar-refractivity contribution in [2.24, 2.45) is 5.92 Å². The van der Waals surface area contributed by atoms with E-state index in [0.717, 1.165) is 0 Å². The third-order valence-corrected chi connectivity index (χ3v) is 3.84. The van der Waals surface area contributed by atoms with Gasteiger partial charge < -0.3 is 19.8 Å². The molecule has 0 aliphatic carbocycles. The van der Waals surface area contributed by atoms with Crippen molar-refractivity contribution in [1.82, 2.24) is 15.3 Å². The molecular formula is C20H20N4O4. The molecule has 2 heterocycles. The molecule has 2 amide bonds. The smallest absolute Gasteiger partial charge is 0.287 e. The molecule has 144 valence electrons. The zero-order valence-corrected chi connectivity index (χ0v) is 15.5. The van der Waals surface area contributed by atoms with Crippen molar-refractivity contribution >= 4 is 17.5 Å². The Morgan fingerprint density at radius 2 is 2.00 bits per heavy atom. The first kappa shape index (κ1) is 19.1. The lowest BCUT2D eigenvalue weighted by molar-refractivity contribution is -0.118. The van der Waals surface area contributed by atoms with Gasteiger partial charge in [0.15, 0.2) is 5.76 Å². The topological polar surface area (TPSA) is 106 Å². The van der Waals surface area contributed by atoms with E-state index in [1.54, 1.807) is 36.5 Å². The van der Waals surface area contributed by atoms with E-state index in [4.69, 9.17) is 9.15 Å². The maximum Gasteiger partial charge on any atom is 0.287 e. The second-order valence-electron chi connectivity index (χ2n) is 6.34. The van der Waals surface area contributed by atoms with Crippen LogP contribution in [-0.4, -0.2) is 27.8 Å². The van der Waals surface area contributed by atoms with Crippen molar-refractivity contribution < 1.29 is 18.7 Å². The third kappa shape index (κ3) is 4.94. The summed E-state index contributed by atoms with van der Waals surface area (Å²) in [6.45, 7) is 3.69. The third-order valence-electron chi connectivity index (χ3n) is 3.84. The number of hydrogen-bond donors (Lipinski definition) is 2. The number of ether oxygens (including phenoxy) is 1. The van der Waals surface area contributed by atoms with Crippen LogP contribution in [0.15, 0.2) is 65.7 Å². The van der Waals surface area contributed by atoms with E-state index in [0.29, 0.717) is 17.3 Å². The fourth-order valence-electron chi connectivity index (χ4n) is 2.47. The van der Waals surface area contributed by atoms with Crippen LogP contribution in [0.25, 0.3) is 0 Å². The summed E-state index contributed by atoms with van der Waals surface area (Å²) in [5, 5.41) is 5.50. The van der Waals surface area contributed by atoms with Crippen LogP contribution in [0, 0.1) is 5.92 Å². The van der Waals surface area contributed by atoms with Gasteiger partial charge in [0.1, 0.15) is 11.8 Å². The van der Waals surface area contributed by atoms with E-state index in [-0.39, 0.29) is 17.6 Å². The molecule has 1 atom stereocenters. The van der Waals surface area contributed by atoms with Gasteiger partial charge in [0, 0.05) is 24.1 Å². The number of nitrogens with zero attached hydrogens (tertiary/aromatic N) is 2. The fourth-order valence-corrected chi connectivity index (χ4v) is 2.47. The Morgan fingerprint density at radius 1 is 1.14 bits per heavy atom. The van der Waals surface area contributed by atoms with Gasteiger partial charge in [-0.05, 0) is 30.2 Å². The number of benzene rings is 1. The van der Waals surface area contributed by atoms with Gasteiger partial charge in [0.25, 0.3) is 5.91 Å². The Hall–Kier alpha value is -3.68. The van der Waals surface area contributed by atoms with Crippen LogP contribution in [0.4, 0.5) is 5.69 Å². The second kappa shape index (κ2) is 8.81. The number of anilines is 1. The number of rotatable bonds is 7. The Balaban J connectivity index is 1.68. The Labute approximate surface area is 162 Å². The van der Waals surface area contributed by atoms with Crippen LogP contribution in [-0.2, 0) is 4.79 Å². The largest absolute Gasteiger partial charge is 0.459 e. The Kier molecular flexibility index (Phi) is 6.01. The summed E-state index contributed by atoms with van der Waals surface area (Å²) in [5.74, 6) is 0.0802. The summed E-state index contributed by atoms with van der Waals surface area (Å²) in [6.07, 6.45) is 5.97. The number of carbonyl (C=O) groups is 2. The maximum atomic E-state index is 12.7. The summed E-state index contributed by atoms with van der Waals surface area (Å²) in [4.78, 5) is 32.9. The first-order valence-corrected chi connectivity index (χ1v) is 8.72. The van der Waals surface area contributed by atoms with Gasteiger partial charge in [-0.15, -0.1) is 0 Å². The highest BCUT2D eigenvalue weighted by Gasteiger charge is 2.25. The zero-order chi connectivity index (χ0) is 19.9. The summed E-state index contributed by atoms with van der Waals surface area (Å²) < 4.78 is 10.7. The first-order chi connectivity index (χ1) is 13.5. The first-order valence-electron chi connectivity index (χ1n) is 8.72. The molecule has 8 heteroatoms. The summed E-state index contributed by atoms with van der Waals surface area (Å²) in [5.41, 5.74) is 0.532. The number of hydrogen-bond acceptors (Lipinski definition) is 6. The predicted molar refractivity (Wildman–Crippen MR) is 102 cm³/mol. The highest BCUT2D eigenvalue weighted by atomic mass is 16.5. The van der Waals surface area contributed by atoms with Gasteiger partial charge in [-0.1, -0.05) is 19.9 Å². The lowest BCUT2D eigenvalue weighted by Crippen LogP contribution is -2.47. The lowest BCUT2D eigenvalue weighted by Gasteiger charge is -2.21. The molecule has 3 rings (SSSR count). The average Bonchev–Trinajstić information content (AvgIpc) is 3.21. The second-order valence-corrected chi connectivity index (χ2v) is 6.34. The van der Waals surface area contributed by atoms with E-state index in [2.05, 4.69) is 20.6 Å². The molecule has 3 aromatic rings. The van der Waals surface area contributed by atoms with Crippen LogP contribution in [0.5, 0.6) is 11.6 Å². The van der Waals surface area contributed by atoms with E-state index in [1.165, 1.54) is 24.7 Å². The minimum atomic E-state index is -0.734. The van der Waals surface area contributed by atoms with Crippen LogP contribution < -0.4 is 15.4 Å². The molecule has 0 saturated heterocycles. The molecule has 0 aliphatic rings. The van der Waals surface area contributed by atoms with Gasteiger partial charge in [0.2, 0.25) is 11.8 Å². The molecule has 0 aliphatic heterocycles. The SMILES string of the molecule is CC(C)C(NC(=O)c1ccco1)C(=O)Nc1cccc(Oc2cnccn2)c1. The number of nitrogens with one attached hydrogen (secondary N) is 2. The minimum absolute atomic E-state index is 0.127. The number of amides is 2. The zero-order valence-electron chi connectivity index (χ0n) is 15.5. The molecule has 0 bridgehead atoms. The molecule has 1 unspecified atom stereocenters. The highest BCUT2D eigenvalue weighted by Crippen LogP contribution is 2.22. The predicted octanol–water partition coefficient (Wildman–Crippen LogP) is 3.26. The van der Waals surface area contributed by atoms with Crippen molar-refractivity contribution in [3.05, 3.63) is 67.0 Å². The molecule has 0 saturated carbocycles. The molecule has 28 heavy (non-hydrogen) atoms. The van der Waals surface area contributed by atoms with E-state index >= 15 is 0 Å². The molecular weight excluding hydrogens is 360 g/mol. The lowest BCUT2D eigenvalue weighted by atomic mass is 10.0. The highest BCUT2D eigenvalue weighted by molar-refractivity contribution is 6.00. The average molecular weight is 380 g/mol. The van der Waals surface area contributed by atoms with Crippen molar-refractivity contribution in [2.75, 3.05) is 5.32 Å². The molecule has 1 aromatic carbocycles. The Morgan fingerprint density at radius 3 is 2.68 bits per heavy atom. The van der Waals surface area contributed by atoms with Gasteiger partial charge >= 0.3 is 0 Å². The van der Waals surface area contributed by atoms with Crippen molar-refractivity contribution in [2.45, 2.75) is 19.9 Å². The van der Waals surface area contributed by atoms with Gasteiger partial charge in [-0.25, -0.2) is 4.98 Å². The van der Waals surface area contributed by atoms with Gasteiger partial charge in [-0.2, -0.15) is 0 Å². The number of aromatic nitrogens is 2. The standard InChI is InChI=1S/C20H20N4O4/c1-13(2)18(24-19(25)16-7-4-10-27-16)20(26)23-14-5-3-6-15(11-14)28-17-12-21-8-9-22-17/h3-13,18H,1-2H3,(H,23,26)(H,24,25). The van der Waals surface area contributed by atoms with Crippen molar-refractivity contribution in [3.8, 4) is 11.6 Å². The molecule has 0 radical (unpaired) electrons. The van der Waals surface area contributed by atoms with Crippen LogP contribution in [0.3, 0.4) is 0 Å². The monoisotopic (exact) mass is 380 g/mol. The number of carbonyl (C=O) groups excluding carboxylic acids is 2. The van der Waals surface area contributed by atoms with Gasteiger partial charge in [-0.3, -0.25) is 14.6 Å². The van der Waals surface area contributed by atoms with Crippen molar-refractivity contribution in [1.29, 1.82) is 0 Å². The van der Waals surface area contributed by atoms with E-state index in [9.17, 15) is 9.59 Å². The van der Waals surface area contributed by atoms with E-state index in [1.807, 2.05) is 13.8 Å². The molecule has 0 spiro atoms. The molecule has 0 fully saturated rings. The maximum absolute atomic E-state index is 12.7. The molecule has 2 aromatic heterocycles. The normalized spacial score (nSPS) is 11.7. The summed E-state index contributed by atoms with van der Waals surface area (Å²) in [7, 11) is 0. The van der Waals surface area contributed by atoms with Gasteiger partial charge in [0.05, 0.1) is 12.5 Å². The van der Waals surface area contributed by atoms with Crippen LogP contribution >= 0.6 is 0 Å². The minimum Gasteiger partial charge on any atom is -0.459 e. The summed E-state index contributed by atoms with van der Waals surface area (Å²) >= 11 is 0. The summed E-state index contributed by atoms with van der Waals surface area (Å²) in [6, 6.07) is 9.30. The molecule has 8 nitrogen and oxygen atoms in total. The fraction of sp³-hybridized carbons (Fsp3) is 0.200. The van der Waals surface area contributed by atoms with E-state index < -0.39 is 11.9 Å². The molecule has 2 N–H and O–H groups in total. The Bertz CT molecular complexity index is 926. The van der Waals surface area contributed by atoms with Crippen molar-refractivity contribution in [3.63, 3.8) is 0 Å². The van der Waals surface area contributed by atoms with Crippen LogP contribution in [0.1, 0.15) is 24.4 Å². The quantitative estimate of drug-likeness (QED) is 0.652.